The third kappa shape index (κ3) is 7.92. The van der Waals surface area contributed by atoms with Crippen molar-refractivity contribution in [2.75, 3.05) is 6.61 Å². The van der Waals surface area contributed by atoms with Gasteiger partial charge in [0.1, 0.15) is 0 Å². The standard InChI is InChI=1S/C8H17O2/c1-7(2)5-9-6-10-8(3)4/h6-8H,5H2,1-4H3. The van der Waals surface area contributed by atoms with Crippen LogP contribution >= 0.6 is 0 Å². The Morgan fingerprint density at radius 2 is 1.80 bits per heavy atom. The third-order valence-electron chi connectivity index (χ3n) is 0.825. The van der Waals surface area contributed by atoms with E-state index in [1.54, 1.807) is 0 Å². The first-order chi connectivity index (χ1) is 4.63. The zero-order chi connectivity index (χ0) is 7.98. The van der Waals surface area contributed by atoms with E-state index in [1.807, 2.05) is 13.8 Å². The lowest BCUT2D eigenvalue weighted by molar-refractivity contribution is -0.0155. The Balaban J connectivity index is 2.91. The summed E-state index contributed by atoms with van der Waals surface area (Å²) in [6.45, 7) is 10.3. The van der Waals surface area contributed by atoms with Crippen molar-refractivity contribution in [3.8, 4) is 0 Å². The smallest absolute Gasteiger partial charge is 0.209 e. The molecule has 0 bridgehead atoms. The Morgan fingerprint density at radius 3 is 2.20 bits per heavy atom. The van der Waals surface area contributed by atoms with E-state index in [4.69, 9.17) is 9.47 Å². The summed E-state index contributed by atoms with van der Waals surface area (Å²) in [4.78, 5) is 0. The van der Waals surface area contributed by atoms with Crippen LogP contribution in [0.4, 0.5) is 0 Å². The van der Waals surface area contributed by atoms with Crippen LogP contribution in [0.3, 0.4) is 0 Å². The minimum atomic E-state index is 0.215. The maximum atomic E-state index is 5.06. The van der Waals surface area contributed by atoms with E-state index in [0.29, 0.717) is 5.92 Å². The summed E-state index contributed by atoms with van der Waals surface area (Å²) < 4.78 is 10.1. The Hall–Kier alpha value is -0.0800. The van der Waals surface area contributed by atoms with Crippen LogP contribution in [0.5, 0.6) is 0 Å². The molecular weight excluding hydrogens is 128 g/mol. The second-order valence-corrected chi connectivity index (χ2v) is 3.01. The molecule has 10 heavy (non-hydrogen) atoms. The number of hydrogen-bond acceptors (Lipinski definition) is 2. The van der Waals surface area contributed by atoms with Crippen LogP contribution in [0.1, 0.15) is 27.7 Å². The molecule has 0 aromatic heterocycles. The van der Waals surface area contributed by atoms with Gasteiger partial charge in [0.05, 0.1) is 12.7 Å². The third-order valence-corrected chi connectivity index (χ3v) is 0.825. The van der Waals surface area contributed by atoms with Gasteiger partial charge in [-0.3, -0.25) is 0 Å². The predicted octanol–water partition coefficient (Wildman–Crippen LogP) is 2.20. The highest BCUT2D eigenvalue weighted by atomic mass is 16.7. The second-order valence-electron chi connectivity index (χ2n) is 3.01. The summed E-state index contributed by atoms with van der Waals surface area (Å²) in [5.74, 6) is 0.562. The topological polar surface area (TPSA) is 18.5 Å². The largest absolute Gasteiger partial charge is 0.348 e. The monoisotopic (exact) mass is 145 g/mol. The van der Waals surface area contributed by atoms with Gasteiger partial charge in [-0.25, -0.2) is 0 Å². The lowest BCUT2D eigenvalue weighted by Gasteiger charge is -2.08. The number of ether oxygens (including phenoxy) is 2. The fourth-order valence-corrected chi connectivity index (χ4v) is 0.382. The first-order valence-electron chi connectivity index (χ1n) is 3.71. The lowest BCUT2D eigenvalue weighted by Crippen LogP contribution is -2.05. The molecule has 0 atom stereocenters. The molecule has 0 spiro atoms. The van der Waals surface area contributed by atoms with Crippen LogP contribution in [-0.2, 0) is 9.47 Å². The minimum Gasteiger partial charge on any atom is -0.348 e. The van der Waals surface area contributed by atoms with E-state index in [0.717, 1.165) is 6.61 Å². The molecule has 1 radical (unpaired) electrons. The summed E-state index contributed by atoms with van der Waals surface area (Å²) >= 11 is 0. The Labute approximate surface area is 63.5 Å². The molecule has 61 valence electrons. The molecule has 0 rings (SSSR count). The molecule has 2 nitrogen and oxygen atoms in total. The minimum absolute atomic E-state index is 0.215. The molecule has 0 aromatic carbocycles. The van der Waals surface area contributed by atoms with Gasteiger partial charge in [0.2, 0.25) is 6.79 Å². The average molecular weight is 145 g/mol. The molecule has 0 aromatic rings. The first kappa shape index (κ1) is 9.92. The van der Waals surface area contributed by atoms with E-state index >= 15 is 0 Å². The van der Waals surface area contributed by atoms with Crippen molar-refractivity contribution in [1.29, 1.82) is 0 Å². The predicted molar refractivity (Wildman–Crippen MR) is 41.3 cm³/mol. The van der Waals surface area contributed by atoms with Gasteiger partial charge in [-0.05, 0) is 19.8 Å². The molecule has 0 amide bonds. The van der Waals surface area contributed by atoms with Crippen LogP contribution in [0.15, 0.2) is 0 Å². The van der Waals surface area contributed by atoms with Gasteiger partial charge < -0.3 is 9.47 Å². The van der Waals surface area contributed by atoms with Crippen LogP contribution in [-0.4, -0.2) is 12.7 Å². The molecule has 0 heterocycles. The van der Waals surface area contributed by atoms with Crippen molar-refractivity contribution < 1.29 is 9.47 Å². The van der Waals surface area contributed by atoms with Gasteiger partial charge >= 0.3 is 0 Å². The highest BCUT2D eigenvalue weighted by Crippen LogP contribution is 1.97. The highest BCUT2D eigenvalue weighted by Gasteiger charge is 1.95. The van der Waals surface area contributed by atoms with E-state index in [9.17, 15) is 0 Å². The van der Waals surface area contributed by atoms with Crippen LogP contribution in [0.2, 0.25) is 0 Å². The van der Waals surface area contributed by atoms with E-state index < -0.39 is 0 Å². The molecule has 0 saturated heterocycles. The Bertz CT molecular complexity index is 59.7. The van der Waals surface area contributed by atoms with Crippen molar-refractivity contribution >= 4 is 0 Å². The Morgan fingerprint density at radius 1 is 1.20 bits per heavy atom. The fourth-order valence-electron chi connectivity index (χ4n) is 0.382. The maximum Gasteiger partial charge on any atom is 0.209 e. The van der Waals surface area contributed by atoms with Gasteiger partial charge in [-0.15, -0.1) is 0 Å². The lowest BCUT2D eigenvalue weighted by atomic mass is 10.2. The van der Waals surface area contributed by atoms with Crippen molar-refractivity contribution in [3.63, 3.8) is 0 Å². The van der Waals surface area contributed by atoms with E-state index in [-0.39, 0.29) is 6.10 Å². The molecule has 0 N–H and O–H groups in total. The fraction of sp³-hybridized carbons (Fsp3) is 0.875. The average Bonchev–Trinajstić information content (AvgIpc) is 1.79. The number of rotatable bonds is 5. The normalized spacial score (nSPS) is 11.4. The molecule has 0 saturated carbocycles. The van der Waals surface area contributed by atoms with Crippen molar-refractivity contribution in [1.82, 2.24) is 0 Å². The van der Waals surface area contributed by atoms with Gasteiger partial charge in [-0.2, -0.15) is 0 Å². The highest BCUT2D eigenvalue weighted by molar-refractivity contribution is 4.42. The zero-order valence-corrected chi connectivity index (χ0v) is 7.26. The molecule has 0 aliphatic heterocycles. The molecular formula is C8H17O2. The maximum absolute atomic E-state index is 5.06. The number of hydrogen-bond donors (Lipinski definition) is 0. The van der Waals surface area contributed by atoms with Gasteiger partial charge in [-0.1, -0.05) is 13.8 Å². The summed E-state index contributed by atoms with van der Waals surface area (Å²) in [6, 6.07) is 0. The van der Waals surface area contributed by atoms with Crippen molar-refractivity contribution in [3.05, 3.63) is 6.79 Å². The summed E-state index contributed by atoms with van der Waals surface area (Å²) in [5.41, 5.74) is 0. The van der Waals surface area contributed by atoms with E-state index in [1.165, 1.54) is 6.79 Å². The summed E-state index contributed by atoms with van der Waals surface area (Å²) in [7, 11) is 0. The summed E-state index contributed by atoms with van der Waals surface area (Å²) in [6.07, 6.45) is 0.215. The molecule has 0 aliphatic carbocycles. The molecule has 0 unspecified atom stereocenters. The van der Waals surface area contributed by atoms with Crippen LogP contribution in [0.25, 0.3) is 0 Å². The molecule has 0 fully saturated rings. The quantitative estimate of drug-likeness (QED) is 0.552. The van der Waals surface area contributed by atoms with Gasteiger partial charge in [0, 0.05) is 0 Å². The van der Waals surface area contributed by atoms with Crippen molar-refractivity contribution in [2.24, 2.45) is 5.92 Å². The SMILES string of the molecule is CC(C)CO[CH]OC(C)C. The zero-order valence-electron chi connectivity index (χ0n) is 7.26. The van der Waals surface area contributed by atoms with Crippen molar-refractivity contribution in [2.45, 2.75) is 33.8 Å². The summed E-state index contributed by atoms with van der Waals surface area (Å²) in [5, 5.41) is 0. The van der Waals surface area contributed by atoms with Crippen LogP contribution < -0.4 is 0 Å². The van der Waals surface area contributed by atoms with Crippen LogP contribution in [0, 0.1) is 12.7 Å². The van der Waals surface area contributed by atoms with Gasteiger partial charge in [0.25, 0.3) is 0 Å². The first-order valence-corrected chi connectivity index (χ1v) is 3.71. The molecule has 0 aliphatic rings. The Kier molecular flexibility index (Phi) is 5.64. The second kappa shape index (κ2) is 5.69. The van der Waals surface area contributed by atoms with E-state index in [2.05, 4.69) is 13.8 Å². The molecule has 2 heteroatoms. The van der Waals surface area contributed by atoms with Gasteiger partial charge in [0.15, 0.2) is 0 Å².